The van der Waals surface area contributed by atoms with Gasteiger partial charge in [0.2, 0.25) is 0 Å². The van der Waals surface area contributed by atoms with Crippen LogP contribution in [-0.4, -0.2) is 15.7 Å². The zero-order chi connectivity index (χ0) is 34.9. The highest BCUT2D eigenvalue weighted by atomic mass is 16.3. The Morgan fingerprint density at radius 2 is 1.13 bits per heavy atom. The summed E-state index contributed by atoms with van der Waals surface area (Å²) < 4.78 is 7.02. The van der Waals surface area contributed by atoms with Crippen molar-refractivity contribution in [2.45, 2.75) is 18.8 Å². The first-order valence-electron chi connectivity index (χ1n) is 18.4. The van der Waals surface area contributed by atoms with Crippen LogP contribution in [0.4, 0.5) is 5.69 Å². The van der Waals surface area contributed by atoms with Crippen LogP contribution < -0.4 is 0 Å². The van der Waals surface area contributed by atoms with Crippen LogP contribution in [0.2, 0.25) is 0 Å². The zero-order valence-corrected chi connectivity index (χ0v) is 28.9. The van der Waals surface area contributed by atoms with Gasteiger partial charge in [0.05, 0.1) is 34.2 Å². The van der Waals surface area contributed by atoms with Crippen LogP contribution in [0, 0.1) is 5.92 Å². The van der Waals surface area contributed by atoms with Gasteiger partial charge >= 0.3 is 0 Å². The van der Waals surface area contributed by atoms with Gasteiger partial charge in [-0.3, -0.25) is 4.99 Å². The van der Waals surface area contributed by atoms with Gasteiger partial charge in [-0.15, -0.1) is 0 Å². The van der Waals surface area contributed by atoms with Gasteiger partial charge in [-0.25, -0.2) is 9.97 Å². The fraction of sp³-hybridized carbons (Fsp3) is 0.0816. The van der Waals surface area contributed by atoms with Crippen LogP contribution in [0.25, 0.3) is 67.0 Å². The number of nitrogens with zero attached hydrogens (tertiary/aromatic N) is 3. The van der Waals surface area contributed by atoms with Crippen molar-refractivity contribution in [1.82, 2.24) is 9.97 Å². The smallest absolute Gasteiger partial charge is 0.144 e. The van der Waals surface area contributed by atoms with E-state index >= 15 is 0 Å². The first-order valence-corrected chi connectivity index (χ1v) is 18.4. The SMILES string of the molecule is C1=CC2C(c3cc(-c4ccc5c(n4)-c4nc(-c6ccccc6)ccc4CC5)cc4c3oc3c(-c5ccccc5)cccc34)=Nc3ccccc3C2C=C1. The molecule has 250 valence electrons. The lowest BCUT2D eigenvalue weighted by molar-refractivity contribution is 0.666. The van der Waals surface area contributed by atoms with E-state index in [0.29, 0.717) is 0 Å². The van der Waals surface area contributed by atoms with Gasteiger partial charge in [0.25, 0.3) is 0 Å². The van der Waals surface area contributed by atoms with Crippen LogP contribution in [0.5, 0.6) is 0 Å². The van der Waals surface area contributed by atoms with Gasteiger partial charge in [-0.1, -0.05) is 133 Å². The lowest BCUT2D eigenvalue weighted by Gasteiger charge is -2.31. The van der Waals surface area contributed by atoms with Gasteiger partial charge in [0.15, 0.2) is 0 Å². The van der Waals surface area contributed by atoms with Crippen molar-refractivity contribution in [3.05, 3.63) is 186 Å². The third-order valence-electron chi connectivity index (χ3n) is 11.2. The van der Waals surface area contributed by atoms with E-state index in [1.54, 1.807) is 0 Å². The molecular weight excluding hydrogens is 647 g/mol. The second kappa shape index (κ2) is 12.0. The molecule has 0 bridgehead atoms. The molecule has 11 rings (SSSR count). The number of furan rings is 1. The Morgan fingerprint density at radius 3 is 1.89 bits per heavy atom. The van der Waals surface area contributed by atoms with E-state index in [2.05, 4.69) is 158 Å². The number of rotatable bonds is 4. The number of hydrogen-bond donors (Lipinski definition) is 0. The molecule has 2 atom stereocenters. The van der Waals surface area contributed by atoms with Gasteiger partial charge in [0.1, 0.15) is 11.2 Å². The predicted molar refractivity (Wildman–Crippen MR) is 216 cm³/mol. The summed E-state index contributed by atoms with van der Waals surface area (Å²) in [5.74, 6) is 0.258. The minimum absolute atomic E-state index is 0.0686. The van der Waals surface area contributed by atoms with Gasteiger partial charge in [-0.2, -0.15) is 0 Å². The summed E-state index contributed by atoms with van der Waals surface area (Å²) in [6.45, 7) is 0. The Morgan fingerprint density at radius 1 is 0.491 bits per heavy atom. The maximum absolute atomic E-state index is 7.02. The Labute approximate surface area is 307 Å². The molecule has 2 unspecified atom stereocenters. The summed E-state index contributed by atoms with van der Waals surface area (Å²) >= 11 is 0. The highest BCUT2D eigenvalue weighted by Gasteiger charge is 2.34. The number of para-hydroxylation sites is 2. The zero-order valence-electron chi connectivity index (χ0n) is 28.9. The maximum atomic E-state index is 7.02. The molecule has 0 N–H and O–H groups in total. The van der Waals surface area contributed by atoms with Crippen molar-refractivity contribution in [3.63, 3.8) is 0 Å². The Kier molecular flexibility index (Phi) is 6.78. The molecule has 1 aliphatic heterocycles. The van der Waals surface area contributed by atoms with Crippen molar-refractivity contribution in [2.75, 3.05) is 0 Å². The molecule has 3 aliphatic rings. The van der Waals surface area contributed by atoms with Crippen LogP contribution >= 0.6 is 0 Å². The fourth-order valence-electron chi connectivity index (χ4n) is 8.55. The Bertz CT molecular complexity index is 2840. The lowest BCUT2D eigenvalue weighted by atomic mass is 9.75. The average molecular weight is 680 g/mol. The topological polar surface area (TPSA) is 51.3 Å². The predicted octanol–water partition coefficient (Wildman–Crippen LogP) is 12.1. The molecule has 0 saturated carbocycles. The number of fused-ring (bicyclic) bond motifs is 9. The average Bonchev–Trinajstić information content (AvgIpc) is 3.62. The first-order chi connectivity index (χ1) is 26.3. The van der Waals surface area contributed by atoms with E-state index in [1.165, 1.54) is 16.7 Å². The second-order valence-corrected chi connectivity index (χ2v) is 14.2. The van der Waals surface area contributed by atoms with Crippen LogP contribution in [-0.2, 0) is 12.8 Å². The molecule has 53 heavy (non-hydrogen) atoms. The highest BCUT2D eigenvalue weighted by molar-refractivity contribution is 6.20. The maximum Gasteiger partial charge on any atom is 0.144 e. The Balaban J connectivity index is 1.15. The quantitative estimate of drug-likeness (QED) is 0.186. The van der Waals surface area contributed by atoms with Crippen molar-refractivity contribution in [1.29, 1.82) is 0 Å². The summed E-state index contributed by atoms with van der Waals surface area (Å²) in [6.07, 6.45) is 10.8. The van der Waals surface area contributed by atoms with Crippen LogP contribution in [0.1, 0.15) is 28.2 Å². The largest absolute Gasteiger partial charge is 0.455 e. The number of aromatic nitrogens is 2. The molecule has 4 heterocycles. The van der Waals surface area contributed by atoms with Crippen LogP contribution in [0.3, 0.4) is 0 Å². The number of allylic oxidation sites excluding steroid dienone is 4. The first kappa shape index (κ1) is 30.0. The number of aliphatic imine (C=N–C) groups is 1. The van der Waals surface area contributed by atoms with E-state index < -0.39 is 0 Å². The van der Waals surface area contributed by atoms with Crippen LogP contribution in [0.15, 0.2) is 173 Å². The van der Waals surface area contributed by atoms with E-state index in [-0.39, 0.29) is 11.8 Å². The highest BCUT2D eigenvalue weighted by Crippen LogP contribution is 2.46. The molecule has 0 radical (unpaired) electrons. The van der Waals surface area contributed by atoms with Crippen molar-refractivity contribution >= 4 is 33.3 Å². The van der Waals surface area contributed by atoms with Crippen molar-refractivity contribution < 1.29 is 4.42 Å². The number of pyridine rings is 2. The summed E-state index contributed by atoms with van der Waals surface area (Å²) in [4.78, 5) is 16.1. The molecule has 0 fully saturated rings. The molecule has 3 aromatic heterocycles. The minimum Gasteiger partial charge on any atom is -0.455 e. The molecule has 4 heteroatoms. The Hall–Kier alpha value is -6.65. The van der Waals surface area contributed by atoms with E-state index in [0.717, 1.165) is 96.8 Å². The van der Waals surface area contributed by atoms with E-state index in [4.69, 9.17) is 19.4 Å². The van der Waals surface area contributed by atoms with E-state index in [1.807, 2.05) is 6.07 Å². The molecule has 4 nitrogen and oxygen atoms in total. The van der Waals surface area contributed by atoms with Gasteiger partial charge < -0.3 is 4.42 Å². The van der Waals surface area contributed by atoms with Crippen molar-refractivity contribution in [3.8, 4) is 45.0 Å². The van der Waals surface area contributed by atoms with Gasteiger partial charge in [0, 0.05) is 44.9 Å². The van der Waals surface area contributed by atoms with Gasteiger partial charge in [-0.05, 0) is 65.4 Å². The fourth-order valence-corrected chi connectivity index (χ4v) is 8.55. The standard InChI is InChI=1S/C49H33N3O/c1-3-12-30(13-4-1)35-19-11-20-39-40-28-34(43-27-25-33-23-22-32-24-26-42(31-14-5-2-6-15-31)50-45(32)46(33)51-43)29-41(49(40)53-48(35)39)47-38-18-8-7-16-36(38)37-17-9-10-21-44(37)52-47/h1-21,24-29,36,38H,22-23H2. The number of hydrogen-bond acceptors (Lipinski definition) is 4. The normalized spacial score (nSPS) is 16.9. The summed E-state index contributed by atoms with van der Waals surface area (Å²) in [6, 6.07) is 49.2. The minimum atomic E-state index is 0.0686. The van der Waals surface area contributed by atoms with Crippen molar-refractivity contribution in [2.24, 2.45) is 10.9 Å². The number of benzene rings is 5. The summed E-state index contributed by atoms with van der Waals surface area (Å²) in [7, 11) is 0. The third kappa shape index (κ3) is 4.87. The summed E-state index contributed by atoms with van der Waals surface area (Å²) in [5, 5.41) is 2.14. The molecule has 5 aromatic carbocycles. The molecule has 0 saturated heterocycles. The molecular formula is C49H33N3O. The monoisotopic (exact) mass is 679 g/mol. The molecule has 2 aliphatic carbocycles. The molecule has 0 spiro atoms. The summed E-state index contributed by atoms with van der Waals surface area (Å²) in [5.41, 5.74) is 16.6. The number of aryl methyl sites for hydroxylation is 2. The van der Waals surface area contributed by atoms with E-state index in [9.17, 15) is 0 Å². The molecule has 8 aromatic rings. The lowest BCUT2D eigenvalue weighted by Crippen LogP contribution is -2.25. The third-order valence-corrected chi connectivity index (χ3v) is 11.2. The molecule has 0 amide bonds. The second-order valence-electron chi connectivity index (χ2n) is 14.2.